The fourth-order valence-electron chi connectivity index (χ4n) is 4.63. The lowest BCUT2D eigenvalue weighted by Crippen LogP contribution is -2.40. The summed E-state index contributed by atoms with van der Waals surface area (Å²) in [6, 6.07) is 6.62. The number of nitro benzene ring substituents is 1. The molecule has 0 atom stereocenters. The van der Waals surface area contributed by atoms with Gasteiger partial charge in [-0.05, 0) is 67.5 Å². The van der Waals surface area contributed by atoms with E-state index >= 15 is 0 Å². The van der Waals surface area contributed by atoms with Crippen LogP contribution < -0.4 is 9.64 Å². The minimum Gasteiger partial charge on any atom is -0.464 e. The summed E-state index contributed by atoms with van der Waals surface area (Å²) >= 11 is 2.01. The quantitative estimate of drug-likeness (QED) is 0.117. The van der Waals surface area contributed by atoms with Gasteiger partial charge in [0.1, 0.15) is 28.3 Å². The molecule has 2 aromatic heterocycles. The van der Waals surface area contributed by atoms with Crippen LogP contribution in [-0.4, -0.2) is 53.5 Å². The van der Waals surface area contributed by atoms with Crippen molar-refractivity contribution >= 4 is 57.2 Å². The average Bonchev–Trinajstić information content (AvgIpc) is 3.36. The highest BCUT2D eigenvalue weighted by Crippen LogP contribution is 2.43. The highest BCUT2D eigenvalue weighted by Gasteiger charge is 2.45. The number of aromatic nitrogens is 4. The fourth-order valence-corrected chi connectivity index (χ4v) is 5.32. The molecule has 4 aromatic rings. The Bertz CT molecular complexity index is 1780. The molecule has 1 aliphatic rings. The van der Waals surface area contributed by atoms with Crippen molar-refractivity contribution in [2.75, 3.05) is 4.90 Å². The van der Waals surface area contributed by atoms with Crippen LogP contribution in [0.5, 0.6) is 11.5 Å². The lowest BCUT2D eigenvalue weighted by molar-refractivity contribution is -0.384. The van der Waals surface area contributed by atoms with Gasteiger partial charge in [-0.25, -0.2) is 23.4 Å². The second-order valence-corrected chi connectivity index (χ2v) is 12.3. The van der Waals surface area contributed by atoms with E-state index in [4.69, 9.17) is 14.5 Å². The van der Waals surface area contributed by atoms with Crippen LogP contribution >= 0.6 is 22.6 Å². The lowest BCUT2D eigenvalue weighted by Gasteiger charge is -2.34. The van der Waals surface area contributed by atoms with Crippen molar-refractivity contribution in [3.05, 3.63) is 62.6 Å². The number of hydrogen-bond donors (Lipinski definition) is 1. The minimum atomic E-state index is -2.61. The lowest BCUT2D eigenvalue weighted by atomic mass is 9.81. The molecule has 0 radical (unpaired) electrons. The number of imide groups is 1. The molecule has 0 bridgehead atoms. The maximum absolute atomic E-state index is 13.2. The van der Waals surface area contributed by atoms with Gasteiger partial charge in [-0.3, -0.25) is 19.8 Å². The first-order valence-electron chi connectivity index (χ1n) is 13.2. The molecular weight excluding hydrogens is 697 g/mol. The molecule has 1 saturated carbocycles. The molecule has 1 N–H and O–H groups in total. The van der Waals surface area contributed by atoms with Crippen LogP contribution in [0.25, 0.3) is 22.3 Å². The van der Waals surface area contributed by atoms with Crippen molar-refractivity contribution < 1.29 is 37.9 Å². The second-order valence-electron chi connectivity index (χ2n) is 11.2. The van der Waals surface area contributed by atoms with E-state index in [1.165, 1.54) is 26.8 Å². The molecule has 0 unspecified atom stereocenters. The summed E-state index contributed by atoms with van der Waals surface area (Å²) in [7, 11) is 0. The zero-order valence-electron chi connectivity index (χ0n) is 23.5. The van der Waals surface area contributed by atoms with E-state index in [-0.39, 0.29) is 35.2 Å². The van der Waals surface area contributed by atoms with Crippen molar-refractivity contribution in [1.82, 2.24) is 19.7 Å². The molecule has 2 aromatic carbocycles. The van der Waals surface area contributed by atoms with Gasteiger partial charge in [0.05, 0.1) is 32.1 Å². The van der Waals surface area contributed by atoms with Crippen molar-refractivity contribution in [2.24, 2.45) is 5.92 Å². The van der Waals surface area contributed by atoms with E-state index in [9.17, 15) is 33.6 Å². The molecule has 2 amide bonds. The molecule has 2 heterocycles. The molecule has 230 valence electrons. The van der Waals surface area contributed by atoms with Crippen LogP contribution in [-0.2, 0) is 11.3 Å². The molecular formula is C28H25F2IN6O7. The van der Waals surface area contributed by atoms with Crippen LogP contribution in [0.1, 0.15) is 33.6 Å². The predicted molar refractivity (Wildman–Crippen MR) is 161 cm³/mol. The van der Waals surface area contributed by atoms with Crippen LogP contribution in [0.15, 0.2) is 48.9 Å². The largest absolute Gasteiger partial charge is 0.464 e. The van der Waals surface area contributed by atoms with Gasteiger partial charge in [0.25, 0.3) is 5.69 Å². The summed E-state index contributed by atoms with van der Waals surface area (Å²) in [5.41, 5.74) is -0.137. The number of alkyl halides is 2. The number of rotatable bonds is 7. The number of fused-ring (bicyclic) bond motifs is 1. The van der Waals surface area contributed by atoms with E-state index in [0.29, 0.717) is 32.4 Å². The monoisotopic (exact) mass is 722 g/mol. The summed E-state index contributed by atoms with van der Waals surface area (Å²) < 4.78 is 39.7. The maximum atomic E-state index is 13.2. The van der Waals surface area contributed by atoms with Gasteiger partial charge in [0, 0.05) is 43.3 Å². The Labute approximate surface area is 262 Å². The standard InChI is InChI=1S/C28H25F2IN6O7/c1-27(2,3)44-26(40)36(25(38)39)21-8-17(4-6-20(21)37(41)42)43-22-7-5-18-24(23(22)31)34-19(12-32-18)16-11-33-35(14-16)13-15-9-28(29,30)10-15/h4-8,11-12,14-15H,9-10,13H2,1-3H3,(H,38,39). The van der Waals surface area contributed by atoms with E-state index in [0.717, 1.165) is 12.1 Å². The van der Waals surface area contributed by atoms with Crippen LogP contribution in [0.4, 0.5) is 29.7 Å². The highest BCUT2D eigenvalue weighted by molar-refractivity contribution is 14.1. The number of benzene rings is 2. The Kier molecular flexibility index (Phi) is 8.13. The number of carboxylic acid groups (broad SMARTS) is 1. The number of amides is 2. The summed E-state index contributed by atoms with van der Waals surface area (Å²) in [6.45, 7) is 4.95. The number of ether oxygens (including phenoxy) is 2. The van der Waals surface area contributed by atoms with Crippen molar-refractivity contribution in [3.63, 3.8) is 0 Å². The molecule has 44 heavy (non-hydrogen) atoms. The summed E-state index contributed by atoms with van der Waals surface area (Å²) in [5.74, 6) is -2.47. The van der Waals surface area contributed by atoms with Crippen molar-refractivity contribution in [1.29, 1.82) is 0 Å². The molecule has 0 saturated heterocycles. The first-order chi connectivity index (χ1) is 20.6. The summed E-state index contributed by atoms with van der Waals surface area (Å²) in [6.07, 6.45) is 1.44. The summed E-state index contributed by atoms with van der Waals surface area (Å²) in [4.78, 5) is 44.9. The number of halogens is 3. The Morgan fingerprint density at radius 2 is 1.95 bits per heavy atom. The van der Waals surface area contributed by atoms with E-state index in [1.807, 2.05) is 22.6 Å². The molecule has 1 fully saturated rings. The first-order valence-corrected chi connectivity index (χ1v) is 14.3. The Morgan fingerprint density at radius 1 is 1.23 bits per heavy atom. The fraction of sp³-hybridized carbons (Fsp3) is 0.321. The Hall–Kier alpha value is -4.48. The molecule has 5 rings (SSSR count). The summed E-state index contributed by atoms with van der Waals surface area (Å²) in [5, 5.41) is 25.7. The second kappa shape index (κ2) is 11.5. The van der Waals surface area contributed by atoms with E-state index < -0.39 is 40.0 Å². The molecule has 0 spiro atoms. The molecule has 16 heteroatoms. The first kappa shape index (κ1) is 31.0. The third kappa shape index (κ3) is 6.68. The van der Waals surface area contributed by atoms with Gasteiger partial charge < -0.3 is 14.6 Å². The smallest absolute Gasteiger partial charge is 0.424 e. The highest BCUT2D eigenvalue weighted by atomic mass is 127. The third-order valence-corrected chi connectivity index (χ3v) is 7.59. The van der Waals surface area contributed by atoms with Gasteiger partial charge in [-0.2, -0.15) is 10.00 Å². The predicted octanol–water partition coefficient (Wildman–Crippen LogP) is 7.26. The average molecular weight is 722 g/mol. The minimum absolute atomic E-state index is 0.00429. The van der Waals surface area contributed by atoms with Gasteiger partial charge in [-0.15, -0.1) is 0 Å². The number of carbonyl (C=O) groups excluding carboxylic acids is 1. The topological polar surface area (TPSA) is 163 Å². The molecule has 13 nitrogen and oxygen atoms in total. The Balaban J connectivity index is 1.44. The number of carbonyl (C=O) groups is 2. The zero-order chi connectivity index (χ0) is 32.0. The SMILES string of the molecule is CC(C)(C)OC(=O)N(C(=O)O)c1cc(Oc2ccc3ncc(-c4cnn(CC5CC(F)(F)C5)c4)nc3c2I)ccc1[N+](=O)[O-]. The number of hydrogen-bond acceptors (Lipinski definition) is 9. The van der Waals surface area contributed by atoms with Crippen LogP contribution in [0.2, 0.25) is 0 Å². The van der Waals surface area contributed by atoms with Crippen LogP contribution in [0.3, 0.4) is 0 Å². The van der Waals surface area contributed by atoms with Gasteiger partial charge in [0.2, 0.25) is 5.92 Å². The normalized spacial score (nSPS) is 14.6. The van der Waals surface area contributed by atoms with E-state index in [1.54, 1.807) is 35.4 Å². The van der Waals surface area contributed by atoms with Crippen LogP contribution in [0, 0.1) is 19.6 Å². The van der Waals surface area contributed by atoms with E-state index in [2.05, 4.69) is 10.1 Å². The number of anilines is 1. The van der Waals surface area contributed by atoms with Gasteiger partial charge in [-0.1, -0.05) is 0 Å². The molecule has 0 aliphatic heterocycles. The van der Waals surface area contributed by atoms with Crippen molar-refractivity contribution in [2.45, 2.75) is 51.7 Å². The number of nitrogens with zero attached hydrogens (tertiary/aromatic N) is 6. The molecule has 1 aliphatic carbocycles. The van der Waals surface area contributed by atoms with Gasteiger partial charge >= 0.3 is 12.2 Å². The Morgan fingerprint density at radius 3 is 2.59 bits per heavy atom. The number of nitro groups is 1. The van der Waals surface area contributed by atoms with Gasteiger partial charge in [0.15, 0.2) is 0 Å². The van der Waals surface area contributed by atoms with Crippen molar-refractivity contribution in [3.8, 4) is 22.8 Å². The third-order valence-electron chi connectivity index (χ3n) is 6.55. The maximum Gasteiger partial charge on any atom is 0.424 e. The zero-order valence-corrected chi connectivity index (χ0v) is 25.7.